The lowest BCUT2D eigenvalue weighted by Crippen LogP contribution is -2.17. The van der Waals surface area contributed by atoms with Crippen LogP contribution in [-0.4, -0.2) is 26.2 Å². The minimum Gasteiger partial charge on any atom is -0.465 e. The molecule has 0 heterocycles. The Hall–Kier alpha value is -2.76. The Kier molecular flexibility index (Phi) is 4.50. The summed E-state index contributed by atoms with van der Waals surface area (Å²) in [5.41, 5.74) is -0.675. The van der Waals surface area contributed by atoms with Gasteiger partial charge in [-0.2, -0.15) is 0 Å². The quantitative estimate of drug-likeness (QED) is 0.817. The molecule has 22 heavy (non-hydrogen) atoms. The first-order valence-electron chi connectivity index (χ1n) is 6.25. The molecule has 0 bridgehead atoms. The normalized spacial score (nSPS) is 10.2. The van der Waals surface area contributed by atoms with Crippen molar-refractivity contribution in [3.63, 3.8) is 0 Å². The van der Waals surface area contributed by atoms with Crippen molar-refractivity contribution in [3.05, 3.63) is 59.2 Å². The smallest absolute Gasteiger partial charge is 0.341 e. The molecule has 4 nitrogen and oxygen atoms in total. The molecule has 0 aliphatic rings. The fraction of sp³-hybridized carbons (Fsp3) is 0.125. The number of halogens is 2. The van der Waals surface area contributed by atoms with Crippen molar-refractivity contribution in [1.82, 2.24) is 0 Å². The zero-order valence-electron chi connectivity index (χ0n) is 11.9. The van der Waals surface area contributed by atoms with Crippen LogP contribution in [0.15, 0.2) is 36.4 Å². The van der Waals surface area contributed by atoms with E-state index >= 15 is 0 Å². The third kappa shape index (κ3) is 2.67. The van der Waals surface area contributed by atoms with Gasteiger partial charge in [-0.3, -0.25) is 0 Å². The van der Waals surface area contributed by atoms with Gasteiger partial charge in [0, 0.05) is 5.56 Å². The summed E-state index contributed by atoms with van der Waals surface area (Å²) in [5.74, 6) is -4.83. The van der Waals surface area contributed by atoms with Gasteiger partial charge in [-0.1, -0.05) is 30.3 Å². The van der Waals surface area contributed by atoms with Crippen molar-refractivity contribution in [3.8, 4) is 11.1 Å². The number of rotatable bonds is 3. The summed E-state index contributed by atoms with van der Waals surface area (Å²) in [4.78, 5) is 23.8. The Labute approximate surface area is 125 Å². The summed E-state index contributed by atoms with van der Waals surface area (Å²) < 4.78 is 36.9. The van der Waals surface area contributed by atoms with E-state index in [9.17, 15) is 18.4 Å². The van der Waals surface area contributed by atoms with Crippen molar-refractivity contribution in [2.24, 2.45) is 0 Å². The Morgan fingerprint density at radius 3 is 2.00 bits per heavy atom. The fourth-order valence-corrected chi connectivity index (χ4v) is 2.08. The highest BCUT2D eigenvalue weighted by atomic mass is 19.2. The van der Waals surface area contributed by atoms with Crippen molar-refractivity contribution >= 4 is 11.9 Å². The Bertz CT molecular complexity index is 727. The van der Waals surface area contributed by atoms with Gasteiger partial charge in [-0.25, -0.2) is 18.4 Å². The molecule has 114 valence electrons. The number of hydrogen-bond acceptors (Lipinski definition) is 4. The molecular formula is C16H12F2O4. The molecule has 6 heteroatoms. The predicted octanol–water partition coefficient (Wildman–Crippen LogP) is 3.21. The van der Waals surface area contributed by atoms with E-state index in [1.165, 1.54) is 0 Å². The van der Waals surface area contributed by atoms with Crippen LogP contribution in [-0.2, 0) is 9.47 Å². The van der Waals surface area contributed by atoms with Gasteiger partial charge in [0.05, 0.1) is 19.8 Å². The van der Waals surface area contributed by atoms with E-state index in [1.807, 2.05) is 0 Å². The number of methoxy groups -OCH3 is 2. The molecule has 0 radical (unpaired) electrons. The van der Waals surface area contributed by atoms with Crippen LogP contribution in [0.3, 0.4) is 0 Å². The van der Waals surface area contributed by atoms with E-state index in [0.29, 0.717) is 5.56 Å². The van der Waals surface area contributed by atoms with Gasteiger partial charge < -0.3 is 9.47 Å². The highest BCUT2D eigenvalue weighted by Gasteiger charge is 2.29. The molecule has 0 saturated heterocycles. The summed E-state index contributed by atoms with van der Waals surface area (Å²) in [6, 6.07) is 9.09. The molecule has 0 aromatic heterocycles. The van der Waals surface area contributed by atoms with E-state index in [4.69, 9.17) is 0 Å². The minimum absolute atomic E-state index is 0.0479. The van der Waals surface area contributed by atoms with Crippen LogP contribution in [0.5, 0.6) is 0 Å². The molecule has 0 saturated carbocycles. The van der Waals surface area contributed by atoms with Gasteiger partial charge in [-0.05, 0) is 11.6 Å². The lowest BCUT2D eigenvalue weighted by molar-refractivity contribution is 0.0550. The third-order valence-corrected chi connectivity index (χ3v) is 3.08. The van der Waals surface area contributed by atoms with Crippen molar-refractivity contribution in [1.29, 1.82) is 0 Å². The Morgan fingerprint density at radius 2 is 1.45 bits per heavy atom. The molecule has 0 aliphatic heterocycles. The topological polar surface area (TPSA) is 52.6 Å². The zero-order chi connectivity index (χ0) is 16.3. The molecule has 0 amide bonds. The molecule has 0 fully saturated rings. The van der Waals surface area contributed by atoms with Gasteiger partial charge in [0.15, 0.2) is 11.6 Å². The lowest BCUT2D eigenvalue weighted by atomic mass is 9.94. The van der Waals surface area contributed by atoms with Gasteiger partial charge in [0.2, 0.25) is 0 Å². The molecule has 0 N–H and O–H groups in total. The van der Waals surface area contributed by atoms with Crippen molar-refractivity contribution in [2.45, 2.75) is 0 Å². The maximum absolute atomic E-state index is 14.0. The standard InChI is InChI=1S/C16H12F2O4/c1-21-15(19)12-10(9-6-4-3-5-7-9)8-11(17)14(18)13(12)16(20)22-2/h3-8H,1-2H3. The molecule has 0 spiro atoms. The van der Waals surface area contributed by atoms with Crippen LogP contribution >= 0.6 is 0 Å². The highest BCUT2D eigenvalue weighted by Crippen LogP contribution is 2.31. The highest BCUT2D eigenvalue weighted by molar-refractivity contribution is 6.08. The monoisotopic (exact) mass is 306 g/mol. The van der Waals surface area contributed by atoms with Crippen LogP contribution in [0.4, 0.5) is 8.78 Å². The molecule has 0 aliphatic carbocycles. The second-order valence-electron chi connectivity index (χ2n) is 4.32. The maximum atomic E-state index is 14.0. The number of carbonyl (C=O) groups excluding carboxylic acids is 2. The van der Waals surface area contributed by atoms with Gasteiger partial charge in [-0.15, -0.1) is 0 Å². The number of benzene rings is 2. The number of hydrogen-bond donors (Lipinski definition) is 0. The summed E-state index contributed by atoms with van der Waals surface area (Å²) in [7, 11) is 2.09. The van der Waals surface area contributed by atoms with E-state index in [2.05, 4.69) is 9.47 Å². The number of carbonyl (C=O) groups is 2. The summed E-state index contributed by atoms with van der Waals surface area (Å²) in [5, 5.41) is 0. The van der Waals surface area contributed by atoms with E-state index in [1.54, 1.807) is 30.3 Å². The van der Waals surface area contributed by atoms with Gasteiger partial charge in [0.1, 0.15) is 5.56 Å². The summed E-state index contributed by atoms with van der Waals surface area (Å²) in [6.07, 6.45) is 0. The largest absolute Gasteiger partial charge is 0.465 e. The Morgan fingerprint density at radius 1 is 0.909 bits per heavy atom. The van der Waals surface area contributed by atoms with Crippen LogP contribution in [0.25, 0.3) is 11.1 Å². The first-order valence-corrected chi connectivity index (χ1v) is 6.25. The third-order valence-electron chi connectivity index (χ3n) is 3.08. The SMILES string of the molecule is COC(=O)c1c(-c2ccccc2)cc(F)c(F)c1C(=O)OC. The average Bonchev–Trinajstić information content (AvgIpc) is 2.56. The van der Waals surface area contributed by atoms with E-state index in [-0.39, 0.29) is 11.1 Å². The van der Waals surface area contributed by atoms with Gasteiger partial charge >= 0.3 is 11.9 Å². The van der Waals surface area contributed by atoms with Crippen LogP contribution in [0.1, 0.15) is 20.7 Å². The summed E-state index contributed by atoms with van der Waals surface area (Å²) in [6.45, 7) is 0. The van der Waals surface area contributed by atoms with Gasteiger partial charge in [0.25, 0.3) is 0 Å². The lowest BCUT2D eigenvalue weighted by Gasteiger charge is -2.13. The molecule has 0 atom stereocenters. The second kappa shape index (κ2) is 6.34. The number of ether oxygens (including phenoxy) is 2. The van der Waals surface area contributed by atoms with Crippen LogP contribution < -0.4 is 0 Å². The first kappa shape index (κ1) is 15.6. The molecular weight excluding hydrogens is 294 g/mol. The summed E-state index contributed by atoms with van der Waals surface area (Å²) >= 11 is 0. The fourth-order valence-electron chi connectivity index (χ4n) is 2.08. The second-order valence-corrected chi connectivity index (χ2v) is 4.32. The maximum Gasteiger partial charge on any atom is 0.341 e. The van der Waals surface area contributed by atoms with Crippen LogP contribution in [0, 0.1) is 11.6 Å². The predicted molar refractivity (Wildman–Crippen MR) is 74.5 cm³/mol. The van der Waals surface area contributed by atoms with Crippen molar-refractivity contribution < 1.29 is 27.8 Å². The van der Waals surface area contributed by atoms with Crippen molar-refractivity contribution in [2.75, 3.05) is 14.2 Å². The molecule has 2 rings (SSSR count). The average molecular weight is 306 g/mol. The molecule has 0 unspecified atom stereocenters. The first-order chi connectivity index (χ1) is 10.5. The Balaban J connectivity index is 2.86. The van der Waals surface area contributed by atoms with E-state index < -0.39 is 29.1 Å². The molecule has 2 aromatic carbocycles. The molecule has 2 aromatic rings. The minimum atomic E-state index is -1.45. The number of esters is 2. The van der Waals surface area contributed by atoms with E-state index in [0.717, 1.165) is 20.3 Å². The van der Waals surface area contributed by atoms with Crippen LogP contribution in [0.2, 0.25) is 0 Å². The zero-order valence-corrected chi connectivity index (χ0v) is 11.9.